The Morgan fingerprint density at radius 2 is 1.76 bits per heavy atom. The molecule has 1 amide bonds. The number of carbonyl (C=O) groups is 2. The molecule has 0 aromatic rings. The summed E-state index contributed by atoms with van der Waals surface area (Å²) < 4.78 is 11.5. The first-order chi connectivity index (χ1) is 7.73. The van der Waals surface area contributed by atoms with Crippen LogP contribution in [-0.4, -0.2) is 38.7 Å². The van der Waals surface area contributed by atoms with E-state index in [1.54, 1.807) is 0 Å². The fourth-order valence-corrected chi connectivity index (χ4v) is 2.21. The van der Waals surface area contributed by atoms with E-state index in [-0.39, 0.29) is 23.5 Å². The van der Waals surface area contributed by atoms with Crippen molar-refractivity contribution < 1.29 is 18.9 Å². The van der Waals surface area contributed by atoms with Crippen LogP contribution < -0.4 is 5.32 Å². The average Bonchev–Trinajstić information content (AvgIpc) is 2.16. The predicted octanol–water partition coefficient (Wildman–Crippen LogP) is 0.616. The van der Waals surface area contributed by atoms with Crippen LogP contribution in [0.15, 0.2) is 0 Å². The highest BCUT2D eigenvalue weighted by atomic mass is 32.2. The van der Waals surface area contributed by atoms with Crippen LogP contribution in [0.3, 0.4) is 0 Å². The third-order valence-electron chi connectivity index (χ3n) is 2.54. The van der Waals surface area contributed by atoms with Crippen molar-refractivity contribution in [3.05, 3.63) is 0 Å². The Morgan fingerprint density at radius 1 is 1.24 bits per heavy atom. The maximum atomic E-state index is 11.5. The highest BCUT2D eigenvalue weighted by Crippen LogP contribution is 2.01. The first-order valence-corrected chi connectivity index (χ1v) is 7.10. The van der Waals surface area contributed by atoms with Gasteiger partial charge in [-0.1, -0.05) is 20.8 Å². The lowest BCUT2D eigenvalue weighted by Gasteiger charge is -2.17. The molecule has 3 unspecified atom stereocenters. The lowest BCUT2D eigenvalue weighted by Crippen LogP contribution is -2.39. The molecule has 0 aromatic heterocycles. The van der Waals surface area contributed by atoms with E-state index in [0.717, 1.165) is 0 Å². The number of hydrogen-bond acceptors (Lipinski definition) is 3. The van der Waals surface area contributed by atoms with Crippen LogP contribution in [0.2, 0.25) is 0 Å². The zero-order valence-electron chi connectivity index (χ0n) is 10.7. The first kappa shape index (κ1) is 16.1. The van der Waals surface area contributed by atoms with Crippen LogP contribution in [0.25, 0.3) is 0 Å². The minimum atomic E-state index is -1.42. The fraction of sp³-hybridized carbons (Fsp3) is 0.818. The second kappa shape index (κ2) is 7.42. The number of hydrogen-bond donors (Lipinski definition) is 2. The van der Waals surface area contributed by atoms with Crippen molar-refractivity contribution >= 4 is 22.7 Å². The molecule has 6 heteroatoms. The highest BCUT2D eigenvalue weighted by Gasteiger charge is 2.18. The molecule has 0 rings (SSSR count). The lowest BCUT2D eigenvalue weighted by molar-refractivity contribution is -0.140. The van der Waals surface area contributed by atoms with Crippen LogP contribution in [0.4, 0.5) is 0 Å². The number of nitrogens with one attached hydrogen (secondary N) is 1. The van der Waals surface area contributed by atoms with Crippen molar-refractivity contribution in [3.8, 4) is 0 Å². The average molecular weight is 263 g/mol. The summed E-state index contributed by atoms with van der Waals surface area (Å²) in [4.78, 5) is 22.0. The van der Waals surface area contributed by atoms with E-state index >= 15 is 0 Å². The number of carboxylic acids is 1. The van der Waals surface area contributed by atoms with Crippen molar-refractivity contribution in [2.75, 3.05) is 11.5 Å². The summed E-state index contributed by atoms with van der Waals surface area (Å²) in [6.45, 7) is 7.32. The molecule has 0 saturated heterocycles. The van der Waals surface area contributed by atoms with E-state index in [9.17, 15) is 13.8 Å². The Bertz CT molecular complexity index is 304. The van der Waals surface area contributed by atoms with Crippen LogP contribution in [0.5, 0.6) is 0 Å². The lowest BCUT2D eigenvalue weighted by atomic mass is 10.1. The smallest absolute Gasteiger partial charge is 0.307 e. The van der Waals surface area contributed by atoms with Crippen LogP contribution in [-0.2, 0) is 20.4 Å². The summed E-state index contributed by atoms with van der Waals surface area (Å²) in [6, 6.07) is 0.0244. The second-order valence-corrected chi connectivity index (χ2v) is 6.09. The van der Waals surface area contributed by atoms with Gasteiger partial charge in [0.1, 0.15) is 5.75 Å². The van der Waals surface area contributed by atoms with Crippen LogP contribution in [0, 0.1) is 11.8 Å². The standard InChI is InChI=1S/C11H21NO4S/c1-7(2)9(4)12-10(13)6-17(16)5-8(3)11(14)15/h7-9H,5-6H2,1-4H3,(H,12,13)(H,14,15). The summed E-state index contributed by atoms with van der Waals surface area (Å²) in [6.07, 6.45) is 0. The van der Waals surface area contributed by atoms with Gasteiger partial charge in [-0.05, 0) is 12.8 Å². The van der Waals surface area contributed by atoms with Crippen LogP contribution in [0.1, 0.15) is 27.7 Å². The molecule has 5 nitrogen and oxygen atoms in total. The van der Waals surface area contributed by atoms with Gasteiger partial charge in [0.2, 0.25) is 5.91 Å². The van der Waals surface area contributed by atoms with E-state index in [0.29, 0.717) is 5.92 Å². The zero-order chi connectivity index (χ0) is 13.6. The number of aliphatic carboxylic acids is 1. The molecule has 0 radical (unpaired) electrons. The summed E-state index contributed by atoms with van der Waals surface area (Å²) in [5, 5.41) is 11.4. The van der Waals surface area contributed by atoms with Gasteiger partial charge in [-0.15, -0.1) is 0 Å². The molecule has 0 fully saturated rings. The van der Waals surface area contributed by atoms with Gasteiger partial charge in [0.15, 0.2) is 0 Å². The minimum Gasteiger partial charge on any atom is -0.481 e. The molecule has 0 spiro atoms. The van der Waals surface area contributed by atoms with Gasteiger partial charge >= 0.3 is 5.97 Å². The fourth-order valence-electron chi connectivity index (χ4n) is 1.02. The Morgan fingerprint density at radius 3 is 2.18 bits per heavy atom. The van der Waals surface area contributed by atoms with E-state index in [1.807, 2.05) is 20.8 Å². The van der Waals surface area contributed by atoms with Crippen molar-refractivity contribution in [1.82, 2.24) is 5.32 Å². The van der Waals surface area contributed by atoms with Crippen molar-refractivity contribution in [1.29, 1.82) is 0 Å². The third kappa shape index (κ3) is 7.10. The molecular formula is C11H21NO4S. The Hall–Kier alpha value is -0.910. The monoisotopic (exact) mass is 263 g/mol. The maximum Gasteiger partial charge on any atom is 0.307 e. The van der Waals surface area contributed by atoms with Gasteiger partial charge in [0, 0.05) is 22.6 Å². The molecule has 0 aliphatic rings. The van der Waals surface area contributed by atoms with Gasteiger partial charge in [0.25, 0.3) is 0 Å². The highest BCUT2D eigenvalue weighted by molar-refractivity contribution is 7.85. The molecule has 0 aromatic carbocycles. The normalized spacial score (nSPS) is 16.3. The molecule has 0 heterocycles. The SMILES string of the molecule is CC(CS(=O)CC(=O)NC(C)C(C)C)C(=O)O. The molecule has 17 heavy (non-hydrogen) atoms. The van der Waals surface area contributed by atoms with Gasteiger partial charge in [-0.2, -0.15) is 0 Å². The number of rotatable bonds is 7. The van der Waals surface area contributed by atoms with E-state index < -0.39 is 22.7 Å². The molecule has 3 atom stereocenters. The molecule has 0 saturated carbocycles. The molecular weight excluding hydrogens is 242 g/mol. The Balaban J connectivity index is 4.05. The summed E-state index contributed by atoms with van der Waals surface area (Å²) >= 11 is 0. The summed E-state index contributed by atoms with van der Waals surface area (Å²) in [7, 11) is -1.42. The van der Waals surface area contributed by atoms with E-state index in [2.05, 4.69) is 5.32 Å². The molecule has 0 aliphatic carbocycles. The van der Waals surface area contributed by atoms with E-state index in [4.69, 9.17) is 5.11 Å². The van der Waals surface area contributed by atoms with Gasteiger partial charge in [0.05, 0.1) is 5.92 Å². The number of carbonyl (C=O) groups excluding carboxylic acids is 1. The van der Waals surface area contributed by atoms with Crippen LogP contribution >= 0.6 is 0 Å². The number of amides is 1. The topological polar surface area (TPSA) is 83.5 Å². The molecule has 0 bridgehead atoms. The molecule has 0 aliphatic heterocycles. The van der Waals surface area contributed by atoms with Gasteiger partial charge in [-0.25, -0.2) is 0 Å². The number of carboxylic acid groups (broad SMARTS) is 1. The minimum absolute atomic E-state index is 0.0127. The van der Waals surface area contributed by atoms with Crippen molar-refractivity contribution in [2.24, 2.45) is 11.8 Å². The van der Waals surface area contributed by atoms with Gasteiger partial charge in [-0.3, -0.25) is 13.8 Å². The maximum absolute atomic E-state index is 11.5. The second-order valence-electron chi connectivity index (χ2n) is 4.59. The zero-order valence-corrected chi connectivity index (χ0v) is 11.5. The third-order valence-corrected chi connectivity index (χ3v) is 3.99. The van der Waals surface area contributed by atoms with Gasteiger partial charge < -0.3 is 10.4 Å². The Labute approximate surface area is 104 Å². The molecule has 100 valence electrons. The predicted molar refractivity (Wildman–Crippen MR) is 67.1 cm³/mol. The Kier molecular flexibility index (Phi) is 7.03. The van der Waals surface area contributed by atoms with E-state index in [1.165, 1.54) is 6.92 Å². The first-order valence-electron chi connectivity index (χ1n) is 5.61. The van der Waals surface area contributed by atoms with Crippen molar-refractivity contribution in [3.63, 3.8) is 0 Å². The largest absolute Gasteiger partial charge is 0.481 e. The summed E-state index contributed by atoms with van der Waals surface area (Å²) in [5.74, 6) is -1.78. The quantitative estimate of drug-likeness (QED) is 0.705. The summed E-state index contributed by atoms with van der Waals surface area (Å²) in [5.41, 5.74) is 0. The molecule has 2 N–H and O–H groups in total. The van der Waals surface area contributed by atoms with Crippen molar-refractivity contribution in [2.45, 2.75) is 33.7 Å².